The largest absolute Gasteiger partial charge is 0.353 e. The molecule has 2 aliphatic rings. The van der Waals surface area contributed by atoms with Gasteiger partial charge in [0.15, 0.2) is 11.5 Å². The molecule has 6 nitrogen and oxygen atoms in total. The van der Waals surface area contributed by atoms with Crippen molar-refractivity contribution >= 4 is 11.5 Å². The van der Waals surface area contributed by atoms with Crippen molar-refractivity contribution in [2.45, 2.75) is 32.2 Å². The Morgan fingerprint density at radius 1 is 1.00 bits per heavy atom. The number of anilines is 1. The normalized spacial score (nSPS) is 18.6. The van der Waals surface area contributed by atoms with Gasteiger partial charge in [-0.3, -0.25) is 4.90 Å². The Kier molecular flexibility index (Phi) is 3.85. The highest BCUT2D eigenvalue weighted by Gasteiger charge is 2.29. The topological polar surface area (TPSA) is 49.6 Å². The van der Waals surface area contributed by atoms with E-state index in [-0.39, 0.29) is 0 Å². The third-order valence-corrected chi connectivity index (χ3v) is 5.40. The van der Waals surface area contributed by atoms with E-state index < -0.39 is 0 Å². The quantitative estimate of drug-likeness (QED) is 0.725. The molecule has 3 aromatic rings. The van der Waals surface area contributed by atoms with Crippen molar-refractivity contribution in [1.29, 1.82) is 0 Å². The summed E-state index contributed by atoms with van der Waals surface area (Å²) in [6.07, 6.45) is 2.43. The fourth-order valence-corrected chi connectivity index (χ4v) is 3.76. The molecule has 0 bridgehead atoms. The van der Waals surface area contributed by atoms with Crippen LogP contribution < -0.4 is 4.90 Å². The Labute approximate surface area is 153 Å². The zero-order chi connectivity index (χ0) is 17.5. The molecular weight excluding hydrogens is 324 g/mol. The molecule has 2 aromatic heterocycles. The molecule has 1 saturated heterocycles. The number of aromatic nitrogens is 4. The first-order valence-electron chi connectivity index (χ1n) is 9.51. The lowest BCUT2D eigenvalue weighted by atomic mass is 10.1. The number of aryl methyl sites for hydroxylation is 1. The molecule has 1 aliphatic heterocycles. The van der Waals surface area contributed by atoms with Crippen molar-refractivity contribution in [2.75, 3.05) is 31.1 Å². The van der Waals surface area contributed by atoms with Crippen molar-refractivity contribution in [3.8, 4) is 0 Å². The Bertz CT molecular complexity index is 921. The molecule has 0 radical (unpaired) electrons. The van der Waals surface area contributed by atoms with Gasteiger partial charge in [-0.15, -0.1) is 15.3 Å². The van der Waals surface area contributed by atoms with Crippen molar-refractivity contribution in [3.05, 3.63) is 53.3 Å². The highest BCUT2D eigenvalue weighted by Crippen LogP contribution is 2.38. The molecule has 134 valence electrons. The zero-order valence-electron chi connectivity index (χ0n) is 15.2. The minimum Gasteiger partial charge on any atom is -0.353 e. The lowest BCUT2D eigenvalue weighted by Gasteiger charge is -2.35. The van der Waals surface area contributed by atoms with E-state index in [2.05, 4.69) is 57.3 Å². The summed E-state index contributed by atoms with van der Waals surface area (Å²) in [5, 5.41) is 13.4. The van der Waals surface area contributed by atoms with Gasteiger partial charge < -0.3 is 4.90 Å². The van der Waals surface area contributed by atoms with Crippen molar-refractivity contribution in [3.63, 3.8) is 0 Å². The van der Waals surface area contributed by atoms with Gasteiger partial charge in [0.2, 0.25) is 0 Å². The van der Waals surface area contributed by atoms with E-state index in [0.717, 1.165) is 50.0 Å². The fourth-order valence-electron chi connectivity index (χ4n) is 3.76. The number of fused-ring (bicyclic) bond motifs is 1. The molecule has 0 amide bonds. The predicted octanol–water partition coefficient (Wildman–Crippen LogP) is 2.63. The third-order valence-electron chi connectivity index (χ3n) is 5.40. The van der Waals surface area contributed by atoms with E-state index in [1.807, 2.05) is 10.6 Å². The van der Waals surface area contributed by atoms with Crippen LogP contribution in [-0.4, -0.2) is 50.9 Å². The minimum absolute atomic E-state index is 0.555. The number of piperazine rings is 1. The molecule has 1 aliphatic carbocycles. The molecule has 0 unspecified atom stereocenters. The molecule has 1 saturated carbocycles. The van der Waals surface area contributed by atoms with E-state index >= 15 is 0 Å². The van der Waals surface area contributed by atoms with E-state index in [1.165, 1.54) is 24.0 Å². The second-order valence-electron chi connectivity index (χ2n) is 7.55. The molecule has 6 heteroatoms. The van der Waals surface area contributed by atoms with Gasteiger partial charge >= 0.3 is 0 Å². The molecular formula is C20H24N6. The number of benzene rings is 1. The summed E-state index contributed by atoms with van der Waals surface area (Å²) >= 11 is 0. The monoisotopic (exact) mass is 348 g/mol. The van der Waals surface area contributed by atoms with Gasteiger partial charge in [0.1, 0.15) is 5.82 Å². The SMILES string of the molecule is Cc1cccc(CN2CCN(c3ccc4nnc(C5CC5)n4n3)CC2)c1. The second kappa shape index (κ2) is 6.36. The first-order valence-corrected chi connectivity index (χ1v) is 9.51. The van der Waals surface area contributed by atoms with Crippen LogP contribution in [0.2, 0.25) is 0 Å². The number of hydrogen-bond donors (Lipinski definition) is 0. The van der Waals surface area contributed by atoms with E-state index in [9.17, 15) is 0 Å². The highest BCUT2D eigenvalue weighted by atomic mass is 15.4. The Balaban J connectivity index is 1.27. The fraction of sp³-hybridized carbons (Fsp3) is 0.450. The Morgan fingerprint density at radius 3 is 2.62 bits per heavy atom. The average Bonchev–Trinajstić information content (AvgIpc) is 3.41. The zero-order valence-corrected chi connectivity index (χ0v) is 15.2. The van der Waals surface area contributed by atoms with E-state index in [1.54, 1.807) is 0 Å². The van der Waals surface area contributed by atoms with Crippen LogP contribution in [0.15, 0.2) is 36.4 Å². The summed E-state index contributed by atoms with van der Waals surface area (Å²) in [6, 6.07) is 12.9. The summed E-state index contributed by atoms with van der Waals surface area (Å²) in [5.74, 6) is 2.62. The van der Waals surface area contributed by atoms with Crippen LogP contribution in [0.5, 0.6) is 0 Å². The van der Waals surface area contributed by atoms with Gasteiger partial charge in [0.25, 0.3) is 0 Å². The van der Waals surface area contributed by atoms with Gasteiger partial charge in [-0.05, 0) is 37.5 Å². The highest BCUT2D eigenvalue weighted by molar-refractivity contribution is 5.46. The minimum atomic E-state index is 0.555. The summed E-state index contributed by atoms with van der Waals surface area (Å²) in [7, 11) is 0. The van der Waals surface area contributed by atoms with E-state index in [0.29, 0.717) is 5.92 Å². The molecule has 3 heterocycles. The molecule has 1 aromatic carbocycles. The van der Waals surface area contributed by atoms with Gasteiger partial charge in [-0.25, -0.2) is 0 Å². The van der Waals surface area contributed by atoms with Crippen LogP contribution in [0.25, 0.3) is 5.65 Å². The molecule has 0 atom stereocenters. The van der Waals surface area contributed by atoms with Crippen LogP contribution in [0.3, 0.4) is 0 Å². The second-order valence-corrected chi connectivity index (χ2v) is 7.55. The number of rotatable bonds is 4. The first-order chi connectivity index (χ1) is 12.8. The van der Waals surface area contributed by atoms with Crippen LogP contribution in [0, 0.1) is 6.92 Å². The standard InChI is InChI=1S/C20H24N6/c1-15-3-2-4-16(13-15)14-24-9-11-25(12-10-24)19-8-7-18-21-22-20(17-5-6-17)26(18)23-19/h2-4,7-8,13,17H,5-6,9-12,14H2,1H3. The summed E-state index contributed by atoms with van der Waals surface area (Å²) in [4.78, 5) is 4.90. The van der Waals surface area contributed by atoms with E-state index in [4.69, 9.17) is 5.10 Å². The van der Waals surface area contributed by atoms with Gasteiger partial charge in [0, 0.05) is 38.6 Å². The van der Waals surface area contributed by atoms with Crippen LogP contribution in [0.4, 0.5) is 5.82 Å². The smallest absolute Gasteiger partial charge is 0.178 e. The van der Waals surface area contributed by atoms with Crippen molar-refractivity contribution in [1.82, 2.24) is 24.7 Å². The van der Waals surface area contributed by atoms with Crippen molar-refractivity contribution in [2.24, 2.45) is 0 Å². The maximum Gasteiger partial charge on any atom is 0.178 e. The molecule has 26 heavy (non-hydrogen) atoms. The Morgan fingerprint density at radius 2 is 1.85 bits per heavy atom. The molecule has 0 spiro atoms. The lowest BCUT2D eigenvalue weighted by Crippen LogP contribution is -2.46. The number of nitrogens with zero attached hydrogens (tertiary/aromatic N) is 6. The number of hydrogen-bond acceptors (Lipinski definition) is 5. The van der Waals surface area contributed by atoms with Gasteiger partial charge in [0.05, 0.1) is 0 Å². The molecule has 2 fully saturated rings. The lowest BCUT2D eigenvalue weighted by molar-refractivity contribution is 0.249. The Hall–Kier alpha value is -2.47. The van der Waals surface area contributed by atoms with Gasteiger partial charge in [-0.1, -0.05) is 29.8 Å². The average molecular weight is 348 g/mol. The maximum absolute atomic E-state index is 4.84. The van der Waals surface area contributed by atoms with Crippen LogP contribution in [-0.2, 0) is 6.54 Å². The summed E-state index contributed by atoms with van der Waals surface area (Å²) in [6.45, 7) is 7.32. The predicted molar refractivity (Wildman–Crippen MR) is 101 cm³/mol. The molecule has 5 rings (SSSR count). The molecule has 0 N–H and O–H groups in total. The summed E-state index contributed by atoms with van der Waals surface area (Å²) in [5.41, 5.74) is 3.59. The maximum atomic E-state index is 4.84. The van der Waals surface area contributed by atoms with Crippen LogP contribution in [0.1, 0.15) is 35.7 Å². The summed E-state index contributed by atoms with van der Waals surface area (Å²) < 4.78 is 1.95. The van der Waals surface area contributed by atoms with Crippen molar-refractivity contribution < 1.29 is 0 Å². The third kappa shape index (κ3) is 3.05. The first kappa shape index (κ1) is 15.8. The van der Waals surface area contributed by atoms with Crippen LogP contribution >= 0.6 is 0 Å². The van der Waals surface area contributed by atoms with Gasteiger partial charge in [-0.2, -0.15) is 4.52 Å².